The van der Waals surface area contributed by atoms with Crippen molar-refractivity contribution in [2.45, 2.75) is 31.7 Å². The van der Waals surface area contributed by atoms with Crippen LogP contribution in [0, 0.1) is 0 Å². The fourth-order valence-electron chi connectivity index (χ4n) is 3.22. The zero-order chi connectivity index (χ0) is 21.5. The normalized spacial score (nSPS) is 10.9. The van der Waals surface area contributed by atoms with E-state index in [0.717, 1.165) is 40.5 Å². The summed E-state index contributed by atoms with van der Waals surface area (Å²) in [5.41, 5.74) is 2.83. The van der Waals surface area contributed by atoms with Gasteiger partial charge in [0.15, 0.2) is 17.0 Å². The number of hydrogen-bond acceptors (Lipinski definition) is 7. The summed E-state index contributed by atoms with van der Waals surface area (Å²) in [7, 11) is 0. The Balaban J connectivity index is 1.52. The quantitative estimate of drug-likeness (QED) is 0.352. The number of nitrogens with one attached hydrogen (secondary N) is 1. The molecule has 0 saturated heterocycles. The number of ether oxygens (including phenoxy) is 2. The minimum Gasteiger partial charge on any atom is -0.494 e. The van der Waals surface area contributed by atoms with E-state index in [2.05, 4.69) is 48.5 Å². The van der Waals surface area contributed by atoms with Crippen LogP contribution in [0.25, 0.3) is 11.2 Å². The monoisotopic (exact) mass is 435 g/mol. The summed E-state index contributed by atoms with van der Waals surface area (Å²) in [5.74, 6) is 2.26. The predicted octanol–water partition coefficient (Wildman–Crippen LogP) is 4.99. The molecule has 0 atom stereocenters. The van der Waals surface area contributed by atoms with Gasteiger partial charge in [0, 0.05) is 6.54 Å². The summed E-state index contributed by atoms with van der Waals surface area (Å²) in [6.45, 7) is 5.93. The van der Waals surface area contributed by atoms with Crippen LogP contribution >= 0.6 is 11.9 Å². The van der Waals surface area contributed by atoms with Gasteiger partial charge < -0.3 is 18.8 Å². The highest BCUT2D eigenvalue weighted by atomic mass is 32.2. The summed E-state index contributed by atoms with van der Waals surface area (Å²) >= 11 is 1.42. The molecule has 0 spiro atoms. The van der Waals surface area contributed by atoms with E-state index in [1.54, 1.807) is 6.33 Å². The summed E-state index contributed by atoms with van der Waals surface area (Å²) in [5, 5.41) is 0. The molecule has 2 aromatic heterocycles. The molecule has 0 bridgehead atoms. The van der Waals surface area contributed by atoms with Gasteiger partial charge in [0.2, 0.25) is 0 Å². The van der Waals surface area contributed by atoms with Gasteiger partial charge in [-0.05, 0) is 56.0 Å². The molecular formula is C23H25N5O2S. The Bertz CT molecular complexity index is 1130. The first-order valence-corrected chi connectivity index (χ1v) is 11.1. The number of rotatable bonds is 10. The number of aryl methyl sites for hydroxylation is 2. The smallest absolute Gasteiger partial charge is 0.167 e. The van der Waals surface area contributed by atoms with Crippen molar-refractivity contribution in [3.05, 3.63) is 66.7 Å². The molecular weight excluding hydrogens is 410 g/mol. The van der Waals surface area contributed by atoms with Gasteiger partial charge in [0.25, 0.3) is 0 Å². The number of fused-ring (bicyclic) bond motifs is 1. The summed E-state index contributed by atoms with van der Waals surface area (Å²) in [4.78, 5) is 14.3. The molecule has 0 fully saturated rings. The van der Waals surface area contributed by atoms with E-state index in [1.165, 1.54) is 17.5 Å². The topological polar surface area (TPSA) is 74.1 Å². The van der Waals surface area contributed by atoms with Gasteiger partial charge in [-0.25, -0.2) is 15.0 Å². The molecule has 1 N–H and O–H groups in total. The zero-order valence-corrected chi connectivity index (χ0v) is 18.4. The second-order valence-corrected chi connectivity index (χ2v) is 7.59. The molecule has 4 aromatic rings. The molecule has 4 rings (SSSR count). The van der Waals surface area contributed by atoms with Crippen LogP contribution in [0.5, 0.6) is 11.5 Å². The first-order chi connectivity index (χ1) is 15.3. The molecule has 0 aliphatic rings. The Morgan fingerprint density at radius 1 is 0.968 bits per heavy atom. The Kier molecular flexibility index (Phi) is 6.89. The van der Waals surface area contributed by atoms with E-state index in [9.17, 15) is 0 Å². The van der Waals surface area contributed by atoms with E-state index < -0.39 is 0 Å². The molecule has 0 amide bonds. The van der Waals surface area contributed by atoms with Crippen LogP contribution < -0.4 is 14.2 Å². The largest absolute Gasteiger partial charge is 0.494 e. The predicted molar refractivity (Wildman–Crippen MR) is 124 cm³/mol. The lowest BCUT2D eigenvalue weighted by atomic mass is 10.1. The van der Waals surface area contributed by atoms with Crippen LogP contribution in [-0.4, -0.2) is 32.7 Å². The van der Waals surface area contributed by atoms with Gasteiger partial charge in [-0.3, -0.25) is 0 Å². The van der Waals surface area contributed by atoms with Crippen LogP contribution in [0.3, 0.4) is 0 Å². The fraction of sp³-hybridized carbons (Fsp3) is 0.261. The molecule has 0 unspecified atom stereocenters. The molecule has 7 nitrogen and oxygen atoms in total. The number of anilines is 1. The molecule has 0 saturated carbocycles. The third kappa shape index (κ3) is 5.08. The Morgan fingerprint density at radius 2 is 1.81 bits per heavy atom. The maximum absolute atomic E-state index is 5.76. The maximum Gasteiger partial charge on any atom is 0.167 e. The van der Waals surface area contributed by atoms with Crippen LogP contribution in [0.15, 0.2) is 66.1 Å². The van der Waals surface area contributed by atoms with E-state index in [-0.39, 0.29) is 0 Å². The molecule has 31 heavy (non-hydrogen) atoms. The van der Waals surface area contributed by atoms with Gasteiger partial charge in [-0.2, -0.15) is 0 Å². The van der Waals surface area contributed by atoms with Crippen molar-refractivity contribution in [1.29, 1.82) is 0 Å². The van der Waals surface area contributed by atoms with Crippen LogP contribution in [0.4, 0.5) is 5.82 Å². The van der Waals surface area contributed by atoms with E-state index >= 15 is 0 Å². The molecule has 0 aliphatic heterocycles. The lowest BCUT2D eigenvalue weighted by molar-refractivity contribution is 0.323. The average Bonchev–Trinajstić information content (AvgIpc) is 3.22. The van der Waals surface area contributed by atoms with Gasteiger partial charge in [0.05, 0.1) is 24.4 Å². The average molecular weight is 436 g/mol. The Labute approximate surface area is 186 Å². The lowest BCUT2D eigenvalue weighted by Crippen LogP contribution is -2.02. The van der Waals surface area contributed by atoms with Crippen molar-refractivity contribution in [2.24, 2.45) is 0 Å². The first kappa shape index (κ1) is 21.0. The van der Waals surface area contributed by atoms with E-state index in [4.69, 9.17) is 9.47 Å². The first-order valence-electron chi connectivity index (χ1n) is 10.3. The zero-order valence-electron chi connectivity index (χ0n) is 17.6. The maximum atomic E-state index is 5.76. The van der Waals surface area contributed by atoms with E-state index in [0.29, 0.717) is 19.0 Å². The molecule has 0 radical (unpaired) electrons. The molecule has 160 valence electrons. The standard InChI is InChI=1S/C23H25N5O2S/c1-3-29-18-10-11-19(30-4-2)20(14-18)31-27-22-21-23(25-15-24-22)28(16-26-21)13-12-17-8-6-5-7-9-17/h5-11,14-16H,3-4,12-13H2,1-2H3,(H,24,25,27). The number of imidazole rings is 1. The summed E-state index contributed by atoms with van der Waals surface area (Å²) in [6, 6.07) is 16.2. The van der Waals surface area contributed by atoms with Gasteiger partial charge >= 0.3 is 0 Å². The third-order valence-corrected chi connectivity index (χ3v) is 5.50. The SMILES string of the molecule is CCOc1ccc(OCC)c(SNc2ncnc3c2ncn3CCc2ccccc2)c1. The van der Waals surface area contributed by atoms with Crippen LogP contribution in [-0.2, 0) is 13.0 Å². The molecule has 2 aromatic carbocycles. The van der Waals surface area contributed by atoms with Crippen molar-refractivity contribution >= 4 is 28.9 Å². The van der Waals surface area contributed by atoms with Crippen molar-refractivity contribution in [3.8, 4) is 11.5 Å². The van der Waals surface area contributed by atoms with Gasteiger partial charge in [-0.15, -0.1) is 0 Å². The third-order valence-electron chi connectivity index (χ3n) is 4.67. The molecule has 2 heterocycles. The Hall–Kier alpha value is -3.26. The lowest BCUT2D eigenvalue weighted by Gasteiger charge is -2.12. The fourth-order valence-corrected chi connectivity index (χ4v) is 3.97. The van der Waals surface area contributed by atoms with Crippen molar-refractivity contribution < 1.29 is 9.47 Å². The van der Waals surface area contributed by atoms with Gasteiger partial charge in [-0.1, -0.05) is 30.3 Å². The molecule has 0 aliphatic carbocycles. The minimum absolute atomic E-state index is 0.588. The minimum atomic E-state index is 0.588. The van der Waals surface area contributed by atoms with E-state index in [1.807, 2.05) is 44.4 Å². The van der Waals surface area contributed by atoms with Crippen molar-refractivity contribution in [2.75, 3.05) is 17.9 Å². The second kappa shape index (κ2) is 10.2. The number of benzene rings is 2. The summed E-state index contributed by atoms with van der Waals surface area (Å²) < 4.78 is 16.8. The number of nitrogens with zero attached hydrogens (tertiary/aromatic N) is 4. The summed E-state index contributed by atoms with van der Waals surface area (Å²) in [6.07, 6.45) is 4.29. The highest BCUT2D eigenvalue weighted by Crippen LogP contribution is 2.34. The highest BCUT2D eigenvalue weighted by molar-refractivity contribution is 8.00. The second-order valence-electron chi connectivity index (χ2n) is 6.75. The van der Waals surface area contributed by atoms with Gasteiger partial charge in [0.1, 0.15) is 17.8 Å². The highest BCUT2D eigenvalue weighted by Gasteiger charge is 2.13. The van der Waals surface area contributed by atoms with Crippen LogP contribution in [0.1, 0.15) is 19.4 Å². The Morgan fingerprint density at radius 3 is 2.61 bits per heavy atom. The number of hydrogen-bond donors (Lipinski definition) is 1. The molecule has 8 heteroatoms. The number of aromatic nitrogens is 4. The van der Waals surface area contributed by atoms with Crippen molar-refractivity contribution in [3.63, 3.8) is 0 Å². The van der Waals surface area contributed by atoms with Crippen LogP contribution in [0.2, 0.25) is 0 Å². The van der Waals surface area contributed by atoms with Crippen molar-refractivity contribution in [1.82, 2.24) is 19.5 Å².